The first-order chi connectivity index (χ1) is 17.6. The van der Waals surface area contributed by atoms with Gasteiger partial charge in [0, 0.05) is 41.5 Å². The van der Waals surface area contributed by atoms with E-state index in [0.29, 0.717) is 52.9 Å². The number of amides is 1. The van der Waals surface area contributed by atoms with E-state index in [2.05, 4.69) is 20.3 Å². The normalized spacial score (nSPS) is 15.1. The third-order valence-electron chi connectivity index (χ3n) is 6.66. The van der Waals surface area contributed by atoms with Crippen molar-refractivity contribution < 1.29 is 13.9 Å². The molecule has 37 heavy (non-hydrogen) atoms. The molecule has 1 fully saturated rings. The molecule has 1 aliphatic heterocycles. The molecule has 8 nitrogen and oxygen atoms in total. The van der Waals surface area contributed by atoms with Crippen molar-refractivity contribution in [3.8, 4) is 11.1 Å². The first kappa shape index (κ1) is 25.4. The van der Waals surface area contributed by atoms with Crippen LogP contribution in [0.3, 0.4) is 0 Å². The minimum atomic E-state index is -0.536. The third-order valence-corrected chi connectivity index (χ3v) is 7.33. The smallest absolute Gasteiger partial charge is 0.410 e. The molecule has 0 saturated carbocycles. The van der Waals surface area contributed by atoms with E-state index < -0.39 is 5.60 Å². The van der Waals surface area contributed by atoms with Gasteiger partial charge in [0.15, 0.2) is 5.82 Å². The molecule has 4 aromatic rings. The molecule has 0 bridgehead atoms. The quantitative estimate of drug-likeness (QED) is 0.301. The summed E-state index contributed by atoms with van der Waals surface area (Å²) in [5, 5.41) is 10.3. The van der Waals surface area contributed by atoms with E-state index in [1.165, 1.54) is 11.8 Å². The van der Waals surface area contributed by atoms with Crippen molar-refractivity contribution in [1.82, 2.24) is 29.9 Å². The molecule has 194 valence electrons. The van der Waals surface area contributed by atoms with Crippen LogP contribution in [0.25, 0.3) is 33.1 Å². The lowest BCUT2D eigenvalue weighted by molar-refractivity contribution is 0.0185. The van der Waals surface area contributed by atoms with E-state index in [9.17, 15) is 4.79 Å². The number of pyridine rings is 2. The number of hydrogen-bond acceptors (Lipinski definition) is 7. The van der Waals surface area contributed by atoms with Crippen molar-refractivity contribution in [2.75, 3.05) is 19.3 Å². The number of aryl methyl sites for hydroxylation is 2. The summed E-state index contributed by atoms with van der Waals surface area (Å²) >= 11 is 1.42. The Balaban J connectivity index is 1.57. The molecule has 0 unspecified atom stereocenters. The number of fused-ring (bicyclic) bond motifs is 3. The highest BCUT2D eigenvalue weighted by Crippen LogP contribution is 2.38. The highest BCUT2D eigenvalue weighted by molar-refractivity contribution is 7.98. The van der Waals surface area contributed by atoms with E-state index in [4.69, 9.17) is 4.74 Å². The van der Waals surface area contributed by atoms with Gasteiger partial charge in [0.25, 0.3) is 0 Å². The van der Waals surface area contributed by atoms with E-state index in [1.54, 1.807) is 11.1 Å². The molecule has 1 aliphatic rings. The Hall–Kier alpha value is -3.27. The number of piperidine rings is 1. The van der Waals surface area contributed by atoms with Crippen LogP contribution in [-0.4, -0.2) is 60.9 Å². The van der Waals surface area contributed by atoms with Gasteiger partial charge in [-0.2, -0.15) is 0 Å². The topological polar surface area (TPSA) is 86.0 Å². The molecule has 0 radical (unpaired) electrons. The second-order valence-electron chi connectivity index (χ2n) is 10.5. The lowest BCUT2D eigenvalue weighted by Crippen LogP contribution is -2.42. The number of carbonyl (C=O) groups excluding carboxylic acids is 1. The largest absolute Gasteiger partial charge is 0.444 e. The fraction of sp³-hybridized carbons (Fsp3) is 0.444. The predicted octanol–water partition coefficient (Wildman–Crippen LogP) is 6.09. The number of carbonyl (C=O) groups is 1. The summed E-state index contributed by atoms with van der Waals surface area (Å²) < 4.78 is 23.5. The second kappa shape index (κ2) is 9.55. The third kappa shape index (κ3) is 4.74. The molecule has 0 aliphatic carbocycles. The minimum absolute atomic E-state index is 0.0216. The number of nitrogens with zero attached hydrogens (tertiary/aromatic N) is 6. The fourth-order valence-corrected chi connectivity index (χ4v) is 5.40. The Labute approximate surface area is 219 Å². The van der Waals surface area contributed by atoms with E-state index in [1.807, 2.05) is 63.8 Å². The molecule has 4 heterocycles. The van der Waals surface area contributed by atoms with Crippen molar-refractivity contribution >= 4 is 39.8 Å². The number of hydrogen-bond donors (Lipinski definition) is 0. The molecule has 0 N–H and O–H groups in total. The Morgan fingerprint density at radius 2 is 1.89 bits per heavy atom. The Bertz CT molecular complexity index is 1490. The van der Waals surface area contributed by atoms with Gasteiger partial charge >= 0.3 is 6.09 Å². The maximum absolute atomic E-state index is 16.1. The molecule has 1 amide bonds. The molecule has 0 spiro atoms. The Morgan fingerprint density at radius 3 is 2.51 bits per heavy atom. The van der Waals surface area contributed by atoms with Crippen molar-refractivity contribution in [3.63, 3.8) is 0 Å². The van der Waals surface area contributed by atoms with Crippen LogP contribution in [0.5, 0.6) is 0 Å². The molecule has 1 saturated heterocycles. The number of thioether (sulfide) groups is 1. The van der Waals surface area contributed by atoms with Crippen LogP contribution in [0, 0.1) is 19.7 Å². The van der Waals surface area contributed by atoms with Crippen LogP contribution >= 0.6 is 11.8 Å². The number of ether oxygens (including phenoxy) is 1. The maximum Gasteiger partial charge on any atom is 0.410 e. The average Bonchev–Trinajstić information content (AvgIpc) is 3.30. The van der Waals surface area contributed by atoms with Crippen molar-refractivity contribution in [1.29, 1.82) is 0 Å². The number of likely N-dealkylation sites (tertiary alicyclic amines) is 1. The van der Waals surface area contributed by atoms with Gasteiger partial charge in [-0.1, -0.05) is 11.3 Å². The Kier molecular flexibility index (Phi) is 6.55. The number of rotatable bonds is 3. The van der Waals surface area contributed by atoms with E-state index in [0.717, 1.165) is 22.3 Å². The van der Waals surface area contributed by atoms with Gasteiger partial charge < -0.3 is 9.64 Å². The van der Waals surface area contributed by atoms with Crippen molar-refractivity contribution in [2.45, 2.75) is 64.1 Å². The van der Waals surface area contributed by atoms with E-state index >= 15 is 4.39 Å². The maximum atomic E-state index is 16.1. The van der Waals surface area contributed by atoms with Gasteiger partial charge in [0.1, 0.15) is 27.2 Å². The first-order valence-corrected chi connectivity index (χ1v) is 13.6. The van der Waals surface area contributed by atoms with Crippen LogP contribution in [0.15, 0.2) is 29.4 Å². The van der Waals surface area contributed by atoms with E-state index in [-0.39, 0.29) is 18.0 Å². The number of aromatic nitrogens is 5. The summed E-state index contributed by atoms with van der Waals surface area (Å²) in [4.78, 5) is 23.3. The van der Waals surface area contributed by atoms with Crippen molar-refractivity contribution in [2.24, 2.45) is 0 Å². The minimum Gasteiger partial charge on any atom is -0.444 e. The van der Waals surface area contributed by atoms with Gasteiger partial charge in [0.2, 0.25) is 0 Å². The lowest BCUT2D eigenvalue weighted by Gasteiger charge is -2.33. The second-order valence-corrected chi connectivity index (χ2v) is 11.3. The molecule has 1 aromatic carbocycles. The van der Waals surface area contributed by atoms with Gasteiger partial charge in [-0.25, -0.2) is 18.9 Å². The van der Waals surface area contributed by atoms with Gasteiger partial charge in [0.05, 0.1) is 6.04 Å². The van der Waals surface area contributed by atoms with Crippen LogP contribution in [0.4, 0.5) is 9.18 Å². The fourth-order valence-electron chi connectivity index (χ4n) is 4.89. The summed E-state index contributed by atoms with van der Waals surface area (Å²) in [6.45, 7) is 10.5. The van der Waals surface area contributed by atoms with Crippen LogP contribution in [0.1, 0.15) is 50.9 Å². The Morgan fingerprint density at radius 1 is 1.16 bits per heavy atom. The zero-order valence-electron chi connectivity index (χ0n) is 22.0. The monoisotopic (exact) mass is 522 g/mol. The highest BCUT2D eigenvalue weighted by Gasteiger charge is 2.30. The summed E-state index contributed by atoms with van der Waals surface area (Å²) in [6, 6.07) is 5.76. The molecule has 3 aromatic heterocycles. The van der Waals surface area contributed by atoms with Crippen LogP contribution in [-0.2, 0) is 4.74 Å². The zero-order chi connectivity index (χ0) is 26.5. The van der Waals surface area contributed by atoms with Crippen LogP contribution < -0.4 is 0 Å². The molecular formula is C27H31FN6O2S. The van der Waals surface area contributed by atoms with Crippen LogP contribution in [0.2, 0.25) is 0 Å². The highest BCUT2D eigenvalue weighted by atomic mass is 32.2. The summed E-state index contributed by atoms with van der Waals surface area (Å²) in [5.41, 5.74) is 4.10. The molecule has 0 atom stereocenters. The average molecular weight is 523 g/mol. The molecule has 10 heteroatoms. The predicted molar refractivity (Wildman–Crippen MR) is 143 cm³/mol. The standard InChI is InChI=1S/C27H31FN6O2S/c1-15-13-19-22(21(28)20(15)17-8-7-16(2)29-14-17)30-25(37-6)23-24(19)34(32-31-23)18-9-11-33(12-10-18)26(35)36-27(3,4)5/h7-8,13-14,18H,9-12H2,1-6H3. The van der Waals surface area contributed by atoms with Gasteiger partial charge in [-0.05, 0) is 71.4 Å². The zero-order valence-corrected chi connectivity index (χ0v) is 22.8. The summed E-state index contributed by atoms with van der Waals surface area (Å²) in [5.74, 6) is -0.370. The van der Waals surface area contributed by atoms with Gasteiger partial charge in [-0.3, -0.25) is 4.98 Å². The number of halogens is 1. The summed E-state index contributed by atoms with van der Waals surface area (Å²) in [7, 11) is 0. The van der Waals surface area contributed by atoms with Gasteiger partial charge in [-0.15, -0.1) is 16.9 Å². The number of benzene rings is 1. The first-order valence-electron chi connectivity index (χ1n) is 12.4. The summed E-state index contributed by atoms with van der Waals surface area (Å²) in [6.07, 6.45) is 4.70. The lowest BCUT2D eigenvalue weighted by atomic mass is 9.97. The van der Waals surface area contributed by atoms with Crippen molar-refractivity contribution in [3.05, 3.63) is 41.5 Å². The molecular weight excluding hydrogens is 491 g/mol. The SMILES string of the molecule is CSc1nc2c(F)c(-c3ccc(C)nc3)c(C)cc2c2c1nnn2C1CCN(C(=O)OC(C)(C)C)CC1. The molecule has 5 rings (SSSR count).